The van der Waals surface area contributed by atoms with Crippen LogP contribution in [0.4, 0.5) is 0 Å². The molecular formula is C12H25NO2S. The number of ether oxygens (including phenoxy) is 1. The Morgan fingerprint density at radius 1 is 1.38 bits per heavy atom. The van der Waals surface area contributed by atoms with E-state index < -0.39 is 0 Å². The fraction of sp³-hybridized carbons (Fsp3) is 0.917. The highest BCUT2D eigenvalue weighted by atomic mass is 32.2. The van der Waals surface area contributed by atoms with E-state index in [1.807, 2.05) is 18.7 Å². The molecule has 0 aliphatic rings. The predicted molar refractivity (Wildman–Crippen MR) is 70.9 cm³/mol. The van der Waals surface area contributed by atoms with Crippen LogP contribution in [0.5, 0.6) is 0 Å². The van der Waals surface area contributed by atoms with Crippen LogP contribution in [0.15, 0.2) is 0 Å². The molecule has 16 heavy (non-hydrogen) atoms. The van der Waals surface area contributed by atoms with E-state index in [0.29, 0.717) is 12.6 Å². The molecule has 0 aliphatic heterocycles. The van der Waals surface area contributed by atoms with Crippen LogP contribution >= 0.6 is 11.8 Å². The molecule has 2 atom stereocenters. The first kappa shape index (κ1) is 15.8. The maximum Gasteiger partial charge on any atom is 0.323 e. The van der Waals surface area contributed by atoms with E-state index in [1.165, 1.54) is 0 Å². The van der Waals surface area contributed by atoms with Crippen LogP contribution in [-0.4, -0.2) is 36.7 Å². The third-order valence-electron chi connectivity index (χ3n) is 2.39. The van der Waals surface area contributed by atoms with E-state index in [2.05, 4.69) is 25.4 Å². The lowest BCUT2D eigenvalue weighted by molar-refractivity contribution is -0.146. The molecule has 4 heteroatoms. The fourth-order valence-corrected chi connectivity index (χ4v) is 2.11. The van der Waals surface area contributed by atoms with Gasteiger partial charge in [0, 0.05) is 6.04 Å². The van der Waals surface area contributed by atoms with E-state index in [1.54, 1.807) is 0 Å². The van der Waals surface area contributed by atoms with Crippen molar-refractivity contribution < 1.29 is 9.53 Å². The number of hydrogen-bond donors (Lipinski definition) is 1. The van der Waals surface area contributed by atoms with Crippen molar-refractivity contribution in [1.29, 1.82) is 0 Å². The van der Waals surface area contributed by atoms with Gasteiger partial charge in [0.05, 0.1) is 6.61 Å². The smallest absolute Gasteiger partial charge is 0.323 e. The third-order valence-corrected chi connectivity index (χ3v) is 3.03. The first-order valence-electron chi connectivity index (χ1n) is 6.07. The number of carbonyl (C=O) groups is 1. The zero-order valence-electron chi connectivity index (χ0n) is 10.9. The van der Waals surface area contributed by atoms with Crippen LogP contribution in [-0.2, 0) is 9.53 Å². The molecule has 0 saturated carbocycles. The van der Waals surface area contributed by atoms with Crippen LogP contribution in [0.3, 0.4) is 0 Å². The highest BCUT2D eigenvalue weighted by Gasteiger charge is 2.20. The largest absolute Gasteiger partial charge is 0.465 e. The Bertz CT molecular complexity index is 188. The molecule has 0 aromatic carbocycles. The van der Waals surface area contributed by atoms with Gasteiger partial charge in [-0.25, -0.2) is 0 Å². The van der Waals surface area contributed by atoms with Gasteiger partial charge in [-0.2, -0.15) is 11.8 Å². The van der Waals surface area contributed by atoms with Crippen LogP contribution in [0.25, 0.3) is 0 Å². The molecular weight excluding hydrogens is 222 g/mol. The quantitative estimate of drug-likeness (QED) is 0.635. The molecule has 0 aliphatic carbocycles. The van der Waals surface area contributed by atoms with Gasteiger partial charge in [-0.3, -0.25) is 4.79 Å². The molecule has 96 valence electrons. The Labute approximate surface area is 104 Å². The number of esters is 1. The molecule has 3 nitrogen and oxygen atoms in total. The lowest BCUT2D eigenvalue weighted by Crippen LogP contribution is -2.43. The normalized spacial score (nSPS) is 14.5. The van der Waals surface area contributed by atoms with Gasteiger partial charge < -0.3 is 10.1 Å². The van der Waals surface area contributed by atoms with Crippen molar-refractivity contribution in [1.82, 2.24) is 5.32 Å². The van der Waals surface area contributed by atoms with Gasteiger partial charge in [-0.1, -0.05) is 13.3 Å². The van der Waals surface area contributed by atoms with Crippen LogP contribution in [0.1, 0.15) is 40.0 Å². The van der Waals surface area contributed by atoms with E-state index in [9.17, 15) is 4.79 Å². The van der Waals surface area contributed by atoms with E-state index in [4.69, 9.17) is 4.74 Å². The minimum Gasteiger partial charge on any atom is -0.465 e. The van der Waals surface area contributed by atoms with E-state index >= 15 is 0 Å². The monoisotopic (exact) mass is 247 g/mol. The van der Waals surface area contributed by atoms with E-state index in [0.717, 1.165) is 25.0 Å². The maximum atomic E-state index is 11.7. The summed E-state index contributed by atoms with van der Waals surface area (Å²) in [5.41, 5.74) is 0. The second kappa shape index (κ2) is 9.97. The van der Waals surface area contributed by atoms with Crippen molar-refractivity contribution in [3.63, 3.8) is 0 Å². The van der Waals surface area contributed by atoms with Gasteiger partial charge in [0.25, 0.3) is 0 Å². The zero-order chi connectivity index (χ0) is 12.4. The molecule has 0 aromatic heterocycles. The Morgan fingerprint density at radius 2 is 2.06 bits per heavy atom. The molecule has 0 radical (unpaired) electrons. The van der Waals surface area contributed by atoms with Crippen molar-refractivity contribution in [2.45, 2.75) is 52.1 Å². The summed E-state index contributed by atoms with van der Waals surface area (Å²) in [6.07, 6.45) is 5.02. The number of carbonyl (C=O) groups excluding carboxylic acids is 1. The summed E-state index contributed by atoms with van der Waals surface area (Å²) in [5, 5.41) is 3.35. The molecule has 0 fully saturated rings. The van der Waals surface area contributed by atoms with E-state index in [-0.39, 0.29) is 12.0 Å². The SMILES string of the molecule is CCCC(NC(C)CCSC)C(=O)OCC. The van der Waals surface area contributed by atoms with Crippen molar-refractivity contribution in [2.75, 3.05) is 18.6 Å². The number of hydrogen-bond acceptors (Lipinski definition) is 4. The van der Waals surface area contributed by atoms with Crippen molar-refractivity contribution in [3.8, 4) is 0 Å². The average Bonchev–Trinajstić information content (AvgIpc) is 2.26. The second-order valence-electron chi connectivity index (χ2n) is 3.94. The topological polar surface area (TPSA) is 38.3 Å². The van der Waals surface area contributed by atoms with Crippen molar-refractivity contribution in [3.05, 3.63) is 0 Å². The molecule has 0 heterocycles. The molecule has 2 unspecified atom stereocenters. The zero-order valence-corrected chi connectivity index (χ0v) is 11.7. The second-order valence-corrected chi connectivity index (χ2v) is 4.93. The minimum atomic E-state index is -0.137. The maximum absolute atomic E-state index is 11.7. The Hall–Kier alpha value is -0.220. The lowest BCUT2D eigenvalue weighted by atomic mass is 10.1. The summed E-state index contributed by atoms with van der Waals surface area (Å²) in [7, 11) is 0. The van der Waals surface area contributed by atoms with Gasteiger partial charge in [0.1, 0.15) is 6.04 Å². The summed E-state index contributed by atoms with van der Waals surface area (Å²) in [6.45, 7) is 6.51. The molecule has 0 rings (SSSR count). The summed E-state index contributed by atoms with van der Waals surface area (Å²) in [4.78, 5) is 11.7. The summed E-state index contributed by atoms with van der Waals surface area (Å²) >= 11 is 1.83. The van der Waals surface area contributed by atoms with Crippen LogP contribution in [0, 0.1) is 0 Å². The standard InChI is InChI=1S/C12H25NO2S/c1-5-7-11(12(14)15-6-2)13-10(3)8-9-16-4/h10-11,13H,5-9H2,1-4H3. The van der Waals surface area contributed by atoms with Gasteiger partial charge in [0.2, 0.25) is 0 Å². The summed E-state index contributed by atoms with van der Waals surface area (Å²) in [6, 6.07) is 0.232. The molecule has 0 saturated heterocycles. The highest BCUT2D eigenvalue weighted by molar-refractivity contribution is 7.98. The number of nitrogens with one attached hydrogen (secondary N) is 1. The number of rotatable bonds is 9. The Balaban J connectivity index is 4.04. The third kappa shape index (κ3) is 7.12. The van der Waals surface area contributed by atoms with Gasteiger partial charge in [0.15, 0.2) is 0 Å². The van der Waals surface area contributed by atoms with Crippen molar-refractivity contribution in [2.24, 2.45) is 0 Å². The number of thioether (sulfide) groups is 1. The average molecular weight is 247 g/mol. The van der Waals surface area contributed by atoms with Gasteiger partial charge >= 0.3 is 5.97 Å². The Morgan fingerprint density at radius 3 is 2.56 bits per heavy atom. The minimum absolute atomic E-state index is 0.111. The van der Waals surface area contributed by atoms with Crippen LogP contribution in [0.2, 0.25) is 0 Å². The van der Waals surface area contributed by atoms with Crippen LogP contribution < -0.4 is 5.32 Å². The highest BCUT2D eigenvalue weighted by Crippen LogP contribution is 2.05. The first-order valence-corrected chi connectivity index (χ1v) is 7.46. The summed E-state index contributed by atoms with van der Waals surface area (Å²) in [5.74, 6) is 1.01. The lowest BCUT2D eigenvalue weighted by Gasteiger charge is -2.21. The molecule has 0 bridgehead atoms. The molecule has 0 aromatic rings. The predicted octanol–water partition coefficient (Wildman–Crippen LogP) is 2.45. The van der Waals surface area contributed by atoms with Gasteiger partial charge in [-0.15, -0.1) is 0 Å². The fourth-order valence-electron chi connectivity index (χ4n) is 1.52. The molecule has 0 spiro atoms. The Kier molecular flexibility index (Phi) is 9.83. The first-order chi connectivity index (χ1) is 7.65. The van der Waals surface area contributed by atoms with Crippen molar-refractivity contribution >= 4 is 17.7 Å². The molecule has 0 amide bonds. The molecule has 1 N–H and O–H groups in total. The van der Waals surface area contributed by atoms with Gasteiger partial charge in [-0.05, 0) is 38.7 Å². The summed E-state index contributed by atoms with van der Waals surface area (Å²) < 4.78 is 5.06.